The van der Waals surface area contributed by atoms with Crippen molar-refractivity contribution in [2.75, 3.05) is 13.2 Å². The maximum atomic E-state index is 9.08. The molecule has 13 heavy (non-hydrogen) atoms. The zero-order valence-electron chi connectivity index (χ0n) is 8.45. The number of aliphatic hydroxyl groups excluding tert-OH is 1. The molecule has 0 heterocycles. The molecule has 0 bridgehead atoms. The van der Waals surface area contributed by atoms with Crippen molar-refractivity contribution < 1.29 is 18.4 Å². The molecule has 0 aliphatic heterocycles. The van der Waals surface area contributed by atoms with Crippen molar-refractivity contribution in [2.45, 2.75) is 27.1 Å². The summed E-state index contributed by atoms with van der Waals surface area (Å²) in [6.07, 6.45) is -0.900. The van der Waals surface area contributed by atoms with Crippen molar-refractivity contribution in [1.29, 1.82) is 0 Å². The molecule has 0 aromatic carbocycles. The minimum atomic E-state index is -2.82. The summed E-state index contributed by atoms with van der Waals surface area (Å²) in [4.78, 5) is 0. The van der Waals surface area contributed by atoms with E-state index >= 15 is 0 Å². The Kier molecular flexibility index (Phi) is 6.18. The van der Waals surface area contributed by atoms with E-state index in [1.807, 2.05) is 13.8 Å². The number of hydrogen-bond acceptors (Lipinski definition) is 4. The molecule has 78 valence electrons. The van der Waals surface area contributed by atoms with E-state index in [1.54, 1.807) is 0 Å². The number of rotatable bonds is 7. The monoisotopic (exact) mass is 206 g/mol. The quantitative estimate of drug-likeness (QED) is 0.500. The van der Waals surface area contributed by atoms with Crippen LogP contribution in [0.5, 0.6) is 0 Å². The maximum Gasteiger partial charge on any atom is 0.530 e. The van der Waals surface area contributed by atoms with E-state index in [0.717, 1.165) is 0 Å². The Morgan fingerprint density at radius 1 is 1.38 bits per heavy atom. The molecule has 0 saturated carbocycles. The van der Waals surface area contributed by atoms with Gasteiger partial charge in [-0.05, 0) is 26.5 Å². The highest BCUT2D eigenvalue weighted by molar-refractivity contribution is 6.66. The molecule has 5 heteroatoms. The van der Waals surface area contributed by atoms with Crippen molar-refractivity contribution >= 4 is 8.80 Å². The first-order valence-corrected chi connectivity index (χ1v) is 6.17. The molecule has 0 spiro atoms. The largest absolute Gasteiger partial charge is 0.530 e. The molecule has 0 fully saturated rings. The van der Waals surface area contributed by atoms with Gasteiger partial charge in [0.25, 0.3) is 0 Å². The molecule has 0 aliphatic carbocycles. The molecule has 1 unspecified atom stereocenters. The fourth-order valence-corrected chi connectivity index (χ4v) is 2.75. The van der Waals surface area contributed by atoms with Crippen LogP contribution in [0.15, 0.2) is 12.3 Å². The molecule has 0 saturated heterocycles. The fourth-order valence-electron chi connectivity index (χ4n) is 0.916. The normalized spacial score (nSPS) is 14.2. The van der Waals surface area contributed by atoms with Crippen LogP contribution in [0.4, 0.5) is 0 Å². The van der Waals surface area contributed by atoms with Crippen molar-refractivity contribution in [1.82, 2.24) is 0 Å². The predicted molar refractivity (Wildman–Crippen MR) is 52.0 cm³/mol. The minimum absolute atomic E-state index is 0.477. The van der Waals surface area contributed by atoms with Gasteiger partial charge in [0.15, 0.2) is 0 Å². The summed E-state index contributed by atoms with van der Waals surface area (Å²) in [5.74, 6) is 0. The van der Waals surface area contributed by atoms with E-state index in [-0.39, 0.29) is 0 Å². The Morgan fingerprint density at radius 3 is 2.08 bits per heavy atom. The summed E-state index contributed by atoms with van der Waals surface area (Å²) >= 11 is 0. The highest BCUT2D eigenvalue weighted by Crippen LogP contribution is 2.12. The fraction of sp³-hybridized carbons (Fsp3) is 0.750. The lowest BCUT2D eigenvalue weighted by molar-refractivity contribution is -0.0586. The Labute approximate surface area is 80.5 Å². The van der Waals surface area contributed by atoms with Crippen LogP contribution in [0.3, 0.4) is 0 Å². The molecule has 1 N–H and O–H groups in total. The SMILES string of the molecule is C=C[Si](OCC)(OCC)OC(C)O. The molecular formula is C8H18O4Si. The summed E-state index contributed by atoms with van der Waals surface area (Å²) in [5.41, 5.74) is 1.52. The first-order chi connectivity index (χ1) is 6.10. The average Bonchev–Trinajstić information content (AvgIpc) is 2.04. The third-order valence-corrected chi connectivity index (χ3v) is 3.83. The van der Waals surface area contributed by atoms with Crippen LogP contribution in [0.25, 0.3) is 0 Å². The van der Waals surface area contributed by atoms with E-state index in [1.165, 1.54) is 12.6 Å². The van der Waals surface area contributed by atoms with Gasteiger partial charge in [-0.15, -0.1) is 0 Å². The standard InChI is InChI=1S/C8H18O4Si/c1-5-10-13(7-3,11-6-2)12-8(4)9/h7-9H,3,5-6H2,1-2,4H3. The highest BCUT2D eigenvalue weighted by atomic mass is 28.4. The Bertz CT molecular complexity index is 143. The van der Waals surface area contributed by atoms with E-state index in [9.17, 15) is 0 Å². The van der Waals surface area contributed by atoms with Gasteiger partial charge in [0.2, 0.25) is 0 Å². The molecule has 0 amide bonds. The molecule has 0 aromatic heterocycles. The average molecular weight is 206 g/mol. The second-order valence-electron chi connectivity index (χ2n) is 2.39. The van der Waals surface area contributed by atoms with E-state index in [4.69, 9.17) is 18.4 Å². The van der Waals surface area contributed by atoms with Gasteiger partial charge < -0.3 is 18.4 Å². The predicted octanol–water partition coefficient (Wildman–Crippen LogP) is 1.08. The first kappa shape index (κ1) is 12.8. The lowest BCUT2D eigenvalue weighted by Crippen LogP contribution is -2.46. The topological polar surface area (TPSA) is 47.9 Å². The lowest BCUT2D eigenvalue weighted by Gasteiger charge is -2.26. The molecule has 0 aliphatic rings. The molecule has 0 aromatic rings. The van der Waals surface area contributed by atoms with Crippen molar-refractivity contribution in [3.05, 3.63) is 12.3 Å². The van der Waals surface area contributed by atoms with Crippen LogP contribution in [-0.4, -0.2) is 33.4 Å². The summed E-state index contributed by atoms with van der Waals surface area (Å²) < 4.78 is 15.9. The van der Waals surface area contributed by atoms with Crippen LogP contribution in [-0.2, 0) is 13.3 Å². The van der Waals surface area contributed by atoms with E-state index in [0.29, 0.717) is 13.2 Å². The van der Waals surface area contributed by atoms with Gasteiger partial charge in [-0.1, -0.05) is 6.58 Å². The summed E-state index contributed by atoms with van der Waals surface area (Å²) in [5, 5.41) is 9.08. The van der Waals surface area contributed by atoms with Gasteiger partial charge in [-0.3, -0.25) is 0 Å². The Balaban J connectivity index is 4.33. The lowest BCUT2D eigenvalue weighted by atomic mass is 10.8. The second-order valence-corrected chi connectivity index (χ2v) is 4.82. The zero-order chi connectivity index (χ0) is 10.3. The number of hydrogen-bond donors (Lipinski definition) is 1. The smallest absolute Gasteiger partial charge is 0.371 e. The molecule has 4 nitrogen and oxygen atoms in total. The number of aliphatic hydroxyl groups is 1. The summed E-state index contributed by atoms with van der Waals surface area (Å²) in [6.45, 7) is 9.76. The van der Waals surface area contributed by atoms with Gasteiger partial charge in [0.1, 0.15) is 6.29 Å². The van der Waals surface area contributed by atoms with E-state index in [2.05, 4.69) is 6.58 Å². The van der Waals surface area contributed by atoms with Gasteiger partial charge in [0.05, 0.1) is 0 Å². The van der Waals surface area contributed by atoms with E-state index < -0.39 is 15.1 Å². The Morgan fingerprint density at radius 2 is 1.85 bits per heavy atom. The van der Waals surface area contributed by atoms with Crippen LogP contribution in [0, 0.1) is 0 Å². The van der Waals surface area contributed by atoms with Gasteiger partial charge in [-0.25, -0.2) is 0 Å². The van der Waals surface area contributed by atoms with Crippen LogP contribution >= 0.6 is 0 Å². The second kappa shape index (κ2) is 6.28. The van der Waals surface area contributed by atoms with Crippen molar-refractivity contribution in [2.24, 2.45) is 0 Å². The van der Waals surface area contributed by atoms with Crippen molar-refractivity contribution in [3.63, 3.8) is 0 Å². The van der Waals surface area contributed by atoms with Crippen LogP contribution in [0.1, 0.15) is 20.8 Å². The third-order valence-electron chi connectivity index (χ3n) is 1.28. The molecule has 0 radical (unpaired) electrons. The zero-order valence-corrected chi connectivity index (χ0v) is 9.45. The maximum absolute atomic E-state index is 9.08. The molecule has 1 atom stereocenters. The molecular weight excluding hydrogens is 188 g/mol. The highest BCUT2D eigenvalue weighted by Gasteiger charge is 2.38. The third kappa shape index (κ3) is 4.54. The van der Waals surface area contributed by atoms with Crippen LogP contribution in [0.2, 0.25) is 0 Å². The summed E-state index contributed by atoms with van der Waals surface area (Å²) in [6, 6.07) is 0. The van der Waals surface area contributed by atoms with Gasteiger partial charge in [-0.2, -0.15) is 0 Å². The van der Waals surface area contributed by atoms with Gasteiger partial charge >= 0.3 is 8.80 Å². The minimum Gasteiger partial charge on any atom is -0.371 e. The van der Waals surface area contributed by atoms with Crippen molar-refractivity contribution in [3.8, 4) is 0 Å². The van der Waals surface area contributed by atoms with Gasteiger partial charge in [0, 0.05) is 13.2 Å². The summed E-state index contributed by atoms with van der Waals surface area (Å²) in [7, 11) is -2.82. The Hall–Kier alpha value is -0.203. The molecule has 0 rings (SSSR count). The first-order valence-electron chi connectivity index (χ1n) is 4.37. The van der Waals surface area contributed by atoms with Crippen LogP contribution < -0.4 is 0 Å².